The van der Waals surface area contributed by atoms with Crippen molar-refractivity contribution in [3.05, 3.63) is 65.7 Å². The van der Waals surface area contributed by atoms with Crippen LogP contribution < -0.4 is 4.57 Å². The van der Waals surface area contributed by atoms with Crippen LogP contribution in [0.2, 0.25) is 5.02 Å². The van der Waals surface area contributed by atoms with Gasteiger partial charge >= 0.3 is 0 Å². The van der Waals surface area contributed by atoms with Crippen molar-refractivity contribution in [2.24, 2.45) is 7.05 Å². The quantitative estimate of drug-likeness (QED) is 0.578. The highest BCUT2D eigenvalue weighted by molar-refractivity contribution is 6.35. The zero-order valence-corrected chi connectivity index (χ0v) is 10.9. The maximum Gasteiger partial charge on any atom is 0.214 e. The summed E-state index contributed by atoms with van der Waals surface area (Å²) in [5.74, 6) is 0. The Morgan fingerprint density at radius 2 is 1.56 bits per heavy atom. The number of pyridine rings is 1. The summed E-state index contributed by atoms with van der Waals surface area (Å²) in [5.41, 5.74) is 3.44. The number of aromatic nitrogens is 1. The van der Waals surface area contributed by atoms with Gasteiger partial charge in [0.05, 0.1) is 10.4 Å². The lowest BCUT2D eigenvalue weighted by molar-refractivity contribution is -0.633. The topological polar surface area (TPSA) is 3.88 Å². The van der Waals surface area contributed by atoms with Gasteiger partial charge in [-0.3, -0.25) is 0 Å². The Bertz CT molecular complexity index is 705. The fourth-order valence-corrected chi connectivity index (χ4v) is 2.54. The van der Waals surface area contributed by atoms with Crippen LogP contribution in [0.3, 0.4) is 0 Å². The van der Waals surface area contributed by atoms with Crippen molar-refractivity contribution in [1.82, 2.24) is 0 Å². The second-order valence-electron chi connectivity index (χ2n) is 4.32. The number of para-hydroxylation sites is 1. The summed E-state index contributed by atoms with van der Waals surface area (Å²) in [6.45, 7) is 0. The van der Waals surface area contributed by atoms with Crippen LogP contribution in [-0.2, 0) is 7.05 Å². The van der Waals surface area contributed by atoms with E-state index >= 15 is 0 Å². The molecule has 0 bridgehead atoms. The smallest absolute Gasteiger partial charge is 0.194 e. The molecule has 0 N–H and O–H groups in total. The predicted octanol–water partition coefficient (Wildman–Crippen LogP) is 3.98. The molecule has 1 aromatic heterocycles. The molecule has 3 rings (SSSR count). The third-order valence-corrected chi connectivity index (χ3v) is 3.53. The van der Waals surface area contributed by atoms with Gasteiger partial charge in [0.25, 0.3) is 0 Å². The first-order valence-corrected chi connectivity index (χ1v) is 6.28. The standard InChI is InChI=1S/C16H13ClN/c1-18-15-10-6-5-9-13(15)14(17)11-16(18)12-7-3-2-4-8-12/h2-11H,1H3/q+1. The highest BCUT2D eigenvalue weighted by atomic mass is 35.5. The van der Waals surface area contributed by atoms with E-state index in [4.69, 9.17) is 11.6 Å². The largest absolute Gasteiger partial charge is 0.214 e. The Morgan fingerprint density at radius 3 is 2.33 bits per heavy atom. The Hall–Kier alpha value is -1.86. The zero-order valence-electron chi connectivity index (χ0n) is 10.1. The average Bonchev–Trinajstić information content (AvgIpc) is 2.44. The molecule has 3 aromatic rings. The molecule has 18 heavy (non-hydrogen) atoms. The van der Waals surface area contributed by atoms with Crippen LogP contribution in [0.1, 0.15) is 0 Å². The molecule has 0 aliphatic heterocycles. The Labute approximate surface area is 111 Å². The second-order valence-corrected chi connectivity index (χ2v) is 4.73. The summed E-state index contributed by atoms with van der Waals surface area (Å²) in [7, 11) is 2.07. The van der Waals surface area contributed by atoms with Crippen LogP contribution in [-0.4, -0.2) is 0 Å². The van der Waals surface area contributed by atoms with Gasteiger partial charge in [-0.15, -0.1) is 0 Å². The Morgan fingerprint density at radius 1 is 0.889 bits per heavy atom. The van der Waals surface area contributed by atoms with E-state index in [1.807, 2.05) is 42.5 Å². The van der Waals surface area contributed by atoms with Crippen LogP contribution in [0.5, 0.6) is 0 Å². The number of nitrogens with zero attached hydrogens (tertiary/aromatic N) is 1. The fourth-order valence-electron chi connectivity index (χ4n) is 2.28. The fraction of sp³-hybridized carbons (Fsp3) is 0.0625. The van der Waals surface area contributed by atoms with Crippen molar-refractivity contribution < 1.29 is 4.57 Å². The Kier molecular flexibility index (Phi) is 2.77. The van der Waals surface area contributed by atoms with Crippen molar-refractivity contribution >= 4 is 22.5 Å². The van der Waals surface area contributed by atoms with Crippen LogP contribution in [0, 0.1) is 0 Å². The third kappa shape index (κ3) is 1.77. The van der Waals surface area contributed by atoms with Crippen LogP contribution in [0.4, 0.5) is 0 Å². The van der Waals surface area contributed by atoms with Gasteiger partial charge in [0.15, 0.2) is 0 Å². The molecule has 0 saturated heterocycles. The second kappa shape index (κ2) is 4.43. The lowest BCUT2D eigenvalue weighted by Crippen LogP contribution is -2.32. The van der Waals surface area contributed by atoms with E-state index in [2.05, 4.69) is 29.8 Å². The maximum absolute atomic E-state index is 6.37. The van der Waals surface area contributed by atoms with Gasteiger partial charge in [0.1, 0.15) is 7.05 Å². The van der Waals surface area contributed by atoms with Crippen LogP contribution >= 0.6 is 11.6 Å². The molecule has 0 saturated carbocycles. The number of rotatable bonds is 1. The van der Waals surface area contributed by atoms with Gasteiger partial charge in [-0.1, -0.05) is 41.9 Å². The van der Waals surface area contributed by atoms with E-state index in [-0.39, 0.29) is 0 Å². The molecule has 0 radical (unpaired) electrons. The summed E-state index contributed by atoms with van der Waals surface area (Å²) < 4.78 is 2.18. The summed E-state index contributed by atoms with van der Waals surface area (Å²) >= 11 is 6.37. The normalized spacial score (nSPS) is 10.8. The van der Waals surface area contributed by atoms with Crippen molar-refractivity contribution in [2.75, 3.05) is 0 Å². The molecule has 0 unspecified atom stereocenters. The van der Waals surface area contributed by atoms with Crippen molar-refractivity contribution in [3.63, 3.8) is 0 Å². The van der Waals surface area contributed by atoms with E-state index in [0.29, 0.717) is 0 Å². The molecule has 0 aliphatic carbocycles. The van der Waals surface area contributed by atoms with Crippen LogP contribution in [0.15, 0.2) is 60.7 Å². The summed E-state index contributed by atoms with van der Waals surface area (Å²) in [6.07, 6.45) is 0. The Balaban J connectivity index is 2.35. The summed E-state index contributed by atoms with van der Waals surface area (Å²) in [4.78, 5) is 0. The summed E-state index contributed by atoms with van der Waals surface area (Å²) in [6, 6.07) is 20.5. The molecule has 0 amide bonds. The number of benzene rings is 2. The van der Waals surface area contributed by atoms with E-state index in [1.54, 1.807) is 0 Å². The molecule has 0 aliphatic rings. The van der Waals surface area contributed by atoms with Crippen molar-refractivity contribution in [2.45, 2.75) is 0 Å². The first-order chi connectivity index (χ1) is 8.77. The maximum atomic E-state index is 6.37. The molecule has 0 atom stereocenters. The van der Waals surface area contributed by atoms with Gasteiger partial charge in [-0.2, -0.15) is 4.57 Å². The monoisotopic (exact) mass is 254 g/mol. The van der Waals surface area contributed by atoms with E-state index in [0.717, 1.165) is 21.6 Å². The first kappa shape index (κ1) is 11.2. The van der Waals surface area contributed by atoms with Crippen molar-refractivity contribution in [1.29, 1.82) is 0 Å². The molecular weight excluding hydrogens is 242 g/mol. The number of hydrogen-bond donors (Lipinski definition) is 0. The minimum absolute atomic E-state index is 0.794. The number of hydrogen-bond acceptors (Lipinski definition) is 0. The van der Waals surface area contributed by atoms with Crippen molar-refractivity contribution in [3.8, 4) is 11.3 Å². The highest BCUT2D eigenvalue weighted by Crippen LogP contribution is 2.26. The molecule has 1 heterocycles. The molecule has 0 fully saturated rings. The van der Waals surface area contributed by atoms with E-state index in [1.165, 1.54) is 5.56 Å². The number of aryl methyl sites for hydroxylation is 1. The minimum atomic E-state index is 0.794. The van der Waals surface area contributed by atoms with Gasteiger partial charge in [0, 0.05) is 17.7 Å². The molecule has 2 heteroatoms. The number of halogens is 1. The van der Waals surface area contributed by atoms with Gasteiger partial charge in [-0.05, 0) is 18.2 Å². The average molecular weight is 255 g/mol. The first-order valence-electron chi connectivity index (χ1n) is 5.90. The van der Waals surface area contributed by atoms with Crippen LogP contribution in [0.25, 0.3) is 22.2 Å². The predicted molar refractivity (Wildman–Crippen MR) is 75.6 cm³/mol. The van der Waals surface area contributed by atoms with E-state index < -0.39 is 0 Å². The molecule has 0 spiro atoms. The number of fused-ring (bicyclic) bond motifs is 1. The zero-order chi connectivity index (χ0) is 12.5. The SMILES string of the molecule is C[n+]1c(-c2ccccc2)cc(Cl)c2ccccc21. The molecule has 2 aromatic carbocycles. The van der Waals surface area contributed by atoms with Gasteiger partial charge in [0.2, 0.25) is 11.2 Å². The van der Waals surface area contributed by atoms with Gasteiger partial charge in [-0.25, -0.2) is 0 Å². The van der Waals surface area contributed by atoms with Gasteiger partial charge < -0.3 is 0 Å². The molecule has 1 nitrogen and oxygen atoms in total. The molecule has 88 valence electrons. The summed E-state index contributed by atoms with van der Waals surface area (Å²) in [5, 5.41) is 1.88. The minimum Gasteiger partial charge on any atom is -0.194 e. The highest BCUT2D eigenvalue weighted by Gasteiger charge is 2.16. The lowest BCUT2D eigenvalue weighted by atomic mass is 10.1. The third-order valence-electron chi connectivity index (χ3n) is 3.22. The molecular formula is C16H13ClN+. The van der Waals surface area contributed by atoms with E-state index in [9.17, 15) is 0 Å². The lowest BCUT2D eigenvalue weighted by Gasteiger charge is -2.05.